The zero-order valence-electron chi connectivity index (χ0n) is 15.3. The fraction of sp³-hybridized carbons (Fsp3) is 0.611. The van der Waals surface area contributed by atoms with E-state index in [1.54, 1.807) is 0 Å². The molecule has 0 bridgehead atoms. The van der Waals surface area contributed by atoms with E-state index >= 15 is 0 Å². The second kappa shape index (κ2) is 7.40. The molecule has 1 fully saturated rings. The molecule has 4 N–H and O–H groups in total. The number of nitrogen functional groups attached to an aromatic ring is 1. The SMILES string of the molecule is CCN1CCN(CC(C)(C)c2cc(C)c(N)c(OC(N)=O)c2)CC1. The van der Waals surface area contributed by atoms with Crippen molar-refractivity contribution in [2.75, 3.05) is 45.0 Å². The van der Waals surface area contributed by atoms with Crippen LogP contribution in [0.5, 0.6) is 5.75 Å². The van der Waals surface area contributed by atoms with Crippen LogP contribution in [0.2, 0.25) is 0 Å². The van der Waals surface area contributed by atoms with Gasteiger partial charge in [0.25, 0.3) is 0 Å². The van der Waals surface area contributed by atoms with E-state index in [2.05, 4.69) is 36.6 Å². The monoisotopic (exact) mass is 334 g/mol. The third kappa shape index (κ3) is 4.39. The van der Waals surface area contributed by atoms with Crippen molar-refractivity contribution in [3.8, 4) is 5.75 Å². The second-order valence-electron chi connectivity index (χ2n) is 7.22. The summed E-state index contributed by atoms with van der Waals surface area (Å²) >= 11 is 0. The Balaban J connectivity index is 2.16. The maximum absolute atomic E-state index is 11.1. The summed E-state index contributed by atoms with van der Waals surface area (Å²) in [6, 6.07) is 3.92. The Hall–Kier alpha value is -1.79. The van der Waals surface area contributed by atoms with Crippen molar-refractivity contribution in [2.45, 2.75) is 33.1 Å². The molecule has 0 saturated carbocycles. The first-order valence-electron chi connectivity index (χ1n) is 8.55. The van der Waals surface area contributed by atoms with Crippen LogP contribution >= 0.6 is 0 Å². The van der Waals surface area contributed by atoms with E-state index in [0.717, 1.165) is 50.4 Å². The standard InChI is InChI=1S/C18H30N4O2/c1-5-21-6-8-22(9-7-21)12-18(3,4)14-10-13(2)16(19)15(11-14)24-17(20)23/h10-11H,5-9,12,19H2,1-4H3,(H2,20,23). The predicted octanol–water partition coefficient (Wildman–Crippen LogP) is 1.95. The highest BCUT2D eigenvalue weighted by Gasteiger charge is 2.27. The lowest BCUT2D eigenvalue weighted by Gasteiger charge is -2.39. The minimum absolute atomic E-state index is 0.0808. The Bertz CT molecular complexity index is 593. The van der Waals surface area contributed by atoms with Crippen molar-refractivity contribution in [3.05, 3.63) is 23.3 Å². The van der Waals surface area contributed by atoms with Crippen LogP contribution < -0.4 is 16.2 Å². The van der Waals surface area contributed by atoms with Gasteiger partial charge in [-0.15, -0.1) is 0 Å². The average molecular weight is 334 g/mol. The Morgan fingerprint density at radius 2 is 1.79 bits per heavy atom. The lowest BCUT2D eigenvalue weighted by molar-refractivity contribution is 0.119. The Morgan fingerprint density at radius 1 is 1.21 bits per heavy atom. The van der Waals surface area contributed by atoms with Gasteiger partial charge in [-0.3, -0.25) is 4.90 Å². The quantitative estimate of drug-likeness (QED) is 0.804. The number of carbonyl (C=O) groups is 1. The van der Waals surface area contributed by atoms with Gasteiger partial charge in [-0.1, -0.05) is 26.8 Å². The molecule has 1 aromatic carbocycles. The molecule has 24 heavy (non-hydrogen) atoms. The van der Waals surface area contributed by atoms with Crippen LogP contribution in [0.3, 0.4) is 0 Å². The summed E-state index contributed by atoms with van der Waals surface area (Å²) in [5, 5.41) is 0. The molecule has 0 spiro atoms. The summed E-state index contributed by atoms with van der Waals surface area (Å²) in [5.74, 6) is 0.348. The molecular formula is C18H30N4O2. The number of anilines is 1. The van der Waals surface area contributed by atoms with E-state index in [1.165, 1.54) is 0 Å². The number of likely N-dealkylation sites (N-methyl/N-ethyl adjacent to an activating group) is 1. The molecule has 6 heteroatoms. The molecule has 134 valence electrons. The van der Waals surface area contributed by atoms with Gasteiger partial charge >= 0.3 is 6.09 Å². The summed E-state index contributed by atoms with van der Waals surface area (Å²) in [5.41, 5.74) is 13.5. The number of primary amides is 1. The van der Waals surface area contributed by atoms with E-state index < -0.39 is 6.09 Å². The molecule has 0 atom stereocenters. The number of hydrogen-bond acceptors (Lipinski definition) is 5. The maximum Gasteiger partial charge on any atom is 0.410 e. The van der Waals surface area contributed by atoms with Gasteiger partial charge in [0.2, 0.25) is 0 Å². The van der Waals surface area contributed by atoms with Gasteiger partial charge in [0.15, 0.2) is 5.75 Å². The molecule has 1 aromatic rings. The molecule has 1 saturated heterocycles. The Kier molecular flexibility index (Phi) is 5.72. The van der Waals surface area contributed by atoms with Crippen LogP contribution in [0.15, 0.2) is 12.1 Å². The van der Waals surface area contributed by atoms with E-state index in [0.29, 0.717) is 11.4 Å². The second-order valence-corrected chi connectivity index (χ2v) is 7.22. The Morgan fingerprint density at radius 3 is 2.33 bits per heavy atom. The fourth-order valence-corrected chi connectivity index (χ4v) is 3.26. The average Bonchev–Trinajstić information content (AvgIpc) is 2.51. The number of carbonyl (C=O) groups excluding carboxylic acids is 1. The first-order chi connectivity index (χ1) is 11.2. The lowest BCUT2D eigenvalue weighted by Crippen LogP contribution is -2.49. The summed E-state index contributed by atoms with van der Waals surface area (Å²) < 4.78 is 5.07. The summed E-state index contributed by atoms with van der Waals surface area (Å²) in [6.45, 7) is 15.0. The largest absolute Gasteiger partial charge is 0.410 e. The number of piperazine rings is 1. The highest BCUT2D eigenvalue weighted by atomic mass is 16.5. The fourth-order valence-electron chi connectivity index (χ4n) is 3.26. The van der Waals surface area contributed by atoms with E-state index in [-0.39, 0.29) is 5.41 Å². The van der Waals surface area contributed by atoms with Crippen LogP contribution in [0, 0.1) is 6.92 Å². The number of hydrogen-bond donors (Lipinski definition) is 2. The molecule has 0 unspecified atom stereocenters. The zero-order chi connectivity index (χ0) is 17.9. The third-order valence-corrected chi connectivity index (χ3v) is 4.87. The van der Waals surface area contributed by atoms with Crippen LogP contribution in [0.1, 0.15) is 31.9 Å². The van der Waals surface area contributed by atoms with Crippen molar-refractivity contribution in [3.63, 3.8) is 0 Å². The molecule has 1 heterocycles. The molecular weight excluding hydrogens is 304 g/mol. The van der Waals surface area contributed by atoms with Crippen molar-refractivity contribution in [1.82, 2.24) is 9.80 Å². The smallest absolute Gasteiger partial charge is 0.408 e. The molecule has 1 aliphatic heterocycles. The molecule has 6 nitrogen and oxygen atoms in total. The van der Waals surface area contributed by atoms with Gasteiger partial charge in [0, 0.05) is 38.1 Å². The van der Waals surface area contributed by atoms with Crippen LogP contribution in [-0.2, 0) is 5.41 Å². The molecule has 1 aliphatic rings. The van der Waals surface area contributed by atoms with Crippen molar-refractivity contribution < 1.29 is 9.53 Å². The Labute approximate surface area is 144 Å². The van der Waals surface area contributed by atoms with Gasteiger partial charge in [-0.2, -0.15) is 0 Å². The topological polar surface area (TPSA) is 84.8 Å². The minimum Gasteiger partial charge on any atom is -0.408 e. The first-order valence-corrected chi connectivity index (χ1v) is 8.55. The summed E-state index contributed by atoms with van der Waals surface area (Å²) in [6.07, 6.45) is -0.841. The highest BCUT2D eigenvalue weighted by molar-refractivity contribution is 5.72. The van der Waals surface area contributed by atoms with Crippen molar-refractivity contribution in [2.24, 2.45) is 5.73 Å². The van der Waals surface area contributed by atoms with E-state index in [4.69, 9.17) is 16.2 Å². The number of amides is 1. The molecule has 2 rings (SSSR count). The molecule has 0 aromatic heterocycles. The highest BCUT2D eigenvalue weighted by Crippen LogP contribution is 2.34. The molecule has 1 amide bonds. The maximum atomic E-state index is 11.1. The van der Waals surface area contributed by atoms with Gasteiger partial charge in [0.05, 0.1) is 5.69 Å². The summed E-state index contributed by atoms with van der Waals surface area (Å²) in [4.78, 5) is 16.1. The predicted molar refractivity (Wildman–Crippen MR) is 97.4 cm³/mol. The number of ether oxygens (including phenoxy) is 1. The molecule has 0 radical (unpaired) electrons. The van der Waals surface area contributed by atoms with Crippen LogP contribution in [0.25, 0.3) is 0 Å². The third-order valence-electron chi connectivity index (χ3n) is 4.87. The van der Waals surface area contributed by atoms with Crippen molar-refractivity contribution in [1.29, 1.82) is 0 Å². The number of rotatable bonds is 5. The number of nitrogens with two attached hydrogens (primary N) is 2. The molecule has 0 aliphatic carbocycles. The minimum atomic E-state index is -0.841. The van der Waals surface area contributed by atoms with Crippen LogP contribution in [-0.4, -0.2) is 55.2 Å². The number of aryl methyl sites for hydroxylation is 1. The van der Waals surface area contributed by atoms with Gasteiger partial charge < -0.3 is 21.1 Å². The number of nitrogens with zero attached hydrogens (tertiary/aromatic N) is 2. The normalized spacial score (nSPS) is 17.0. The van der Waals surface area contributed by atoms with Gasteiger partial charge in [-0.05, 0) is 30.7 Å². The number of benzene rings is 1. The van der Waals surface area contributed by atoms with Crippen molar-refractivity contribution >= 4 is 11.8 Å². The summed E-state index contributed by atoms with van der Waals surface area (Å²) in [7, 11) is 0. The van der Waals surface area contributed by atoms with E-state index in [1.807, 2.05) is 13.0 Å². The van der Waals surface area contributed by atoms with Gasteiger partial charge in [0.1, 0.15) is 0 Å². The van der Waals surface area contributed by atoms with Gasteiger partial charge in [-0.25, -0.2) is 4.79 Å². The van der Waals surface area contributed by atoms with Crippen LogP contribution in [0.4, 0.5) is 10.5 Å². The first kappa shape index (κ1) is 18.5. The zero-order valence-corrected chi connectivity index (χ0v) is 15.3. The van der Waals surface area contributed by atoms with E-state index in [9.17, 15) is 4.79 Å². The lowest BCUT2D eigenvalue weighted by atomic mass is 9.82.